The second-order valence-electron chi connectivity index (χ2n) is 3.42. The largest absolute Gasteiger partial charge is 0.478 e. The minimum Gasteiger partial charge on any atom is -0.478 e. The van der Waals surface area contributed by atoms with Crippen LogP contribution >= 0.6 is 22.9 Å². The summed E-state index contributed by atoms with van der Waals surface area (Å²) in [5.41, 5.74) is 1.87. The number of anilines is 1. The molecule has 0 spiro atoms. The molecular weight excluding hydrogens is 306 g/mol. The molecule has 0 aliphatic heterocycles. The average molecular weight is 328 g/mol. The number of hydrogen-bond acceptors (Lipinski definition) is 3. The van der Waals surface area contributed by atoms with Gasteiger partial charge in [0.1, 0.15) is 10.6 Å². The van der Waals surface area contributed by atoms with E-state index in [9.17, 15) is 9.90 Å². The number of carbonyl (C=O) groups is 1. The van der Waals surface area contributed by atoms with E-state index in [1.54, 1.807) is 19.2 Å². The first-order valence-electron chi connectivity index (χ1n) is 6.92. The molecule has 2 rings (SSSR count). The zero-order valence-electron chi connectivity index (χ0n) is 13.0. The van der Waals surface area contributed by atoms with Gasteiger partial charge in [0.15, 0.2) is 0 Å². The van der Waals surface area contributed by atoms with E-state index in [1.807, 2.05) is 45.2 Å². The lowest BCUT2D eigenvalue weighted by atomic mass is 10.0. The summed E-state index contributed by atoms with van der Waals surface area (Å²) < 4.78 is 0. The first-order valence-corrected chi connectivity index (χ1v) is 8.17. The molecule has 2 N–H and O–H groups in total. The van der Waals surface area contributed by atoms with E-state index in [0.717, 1.165) is 5.56 Å². The highest BCUT2D eigenvalue weighted by Gasteiger charge is 2.18. The van der Waals surface area contributed by atoms with E-state index in [0.29, 0.717) is 21.2 Å². The number of carboxylic acid groups (broad SMARTS) is 1. The highest BCUT2D eigenvalue weighted by Crippen LogP contribution is 2.35. The van der Waals surface area contributed by atoms with Gasteiger partial charge in [-0.15, -0.1) is 11.3 Å². The Morgan fingerprint density at radius 1 is 1.14 bits per heavy atom. The van der Waals surface area contributed by atoms with Crippen molar-refractivity contribution in [1.82, 2.24) is 0 Å². The first kappa shape index (κ1) is 19.5. The second-order valence-corrected chi connectivity index (χ2v) is 4.73. The van der Waals surface area contributed by atoms with Crippen LogP contribution in [0.3, 0.4) is 0 Å². The van der Waals surface area contributed by atoms with E-state index < -0.39 is 5.97 Å². The molecule has 0 aliphatic carbocycles. The van der Waals surface area contributed by atoms with Gasteiger partial charge in [-0.3, -0.25) is 0 Å². The summed E-state index contributed by atoms with van der Waals surface area (Å²) in [6.07, 6.45) is 0. The van der Waals surface area contributed by atoms with Crippen molar-refractivity contribution in [3.05, 3.63) is 40.2 Å². The normalized spacial score (nSPS) is 8.86. The summed E-state index contributed by atoms with van der Waals surface area (Å²) in [4.78, 5) is 11.2. The van der Waals surface area contributed by atoms with Gasteiger partial charge in [0.05, 0.1) is 0 Å². The maximum atomic E-state index is 11.2. The van der Waals surface area contributed by atoms with Gasteiger partial charge in [0.25, 0.3) is 0 Å². The minimum absolute atomic E-state index is 0.305. The van der Waals surface area contributed by atoms with Crippen molar-refractivity contribution in [1.29, 1.82) is 0 Å². The number of carboxylic acids is 1. The number of aromatic carboxylic acids is 1. The molecule has 0 saturated heterocycles. The Morgan fingerprint density at radius 3 is 2.10 bits per heavy atom. The number of thiophene rings is 1. The molecule has 0 saturated carbocycles. The van der Waals surface area contributed by atoms with Crippen molar-refractivity contribution in [2.45, 2.75) is 27.7 Å². The average Bonchev–Trinajstić information content (AvgIpc) is 2.96. The maximum Gasteiger partial charge on any atom is 0.339 e. The Hall–Kier alpha value is -1.52. The number of halogens is 1. The predicted octanol–water partition coefficient (Wildman–Crippen LogP) is 5.86. The summed E-state index contributed by atoms with van der Waals surface area (Å²) in [6, 6.07) is 7.13. The van der Waals surface area contributed by atoms with E-state index in [-0.39, 0.29) is 0 Å². The summed E-state index contributed by atoms with van der Waals surface area (Å²) >= 11 is 7.19. The fourth-order valence-corrected chi connectivity index (χ4v) is 2.64. The molecule has 1 aromatic carbocycles. The van der Waals surface area contributed by atoms with Gasteiger partial charge in [-0.2, -0.15) is 0 Å². The molecular formula is C16H22ClNO2S. The Kier molecular flexibility index (Phi) is 9.50. The SMILES string of the molecule is CC.CC.CNc1scc(-c2ccc(Cl)cc2)c1C(=O)O. The van der Waals surface area contributed by atoms with Crippen LogP contribution in [0.4, 0.5) is 5.00 Å². The molecule has 2 aromatic rings. The topological polar surface area (TPSA) is 49.3 Å². The predicted molar refractivity (Wildman–Crippen MR) is 94.0 cm³/mol. The fraction of sp³-hybridized carbons (Fsp3) is 0.312. The van der Waals surface area contributed by atoms with Crippen LogP contribution in [0.1, 0.15) is 38.1 Å². The van der Waals surface area contributed by atoms with Crippen molar-refractivity contribution in [3.63, 3.8) is 0 Å². The molecule has 1 heterocycles. The fourth-order valence-electron chi connectivity index (χ4n) is 1.60. The lowest BCUT2D eigenvalue weighted by Crippen LogP contribution is -2.00. The second kappa shape index (κ2) is 10.2. The van der Waals surface area contributed by atoms with E-state index >= 15 is 0 Å². The molecule has 0 atom stereocenters. The number of hydrogen-bond donors (Lipinski definition) is 2. The standard InChI is InChI=1S/C12H10ClNO2S.2C2H6/c1-14-11-10(12(15)16)9(6-17-11)7-2-4-8(13)5-3-7;2*1-2/h2-6,14H,1H3,(H,15,16);2*1-2H3. The summed E-state index contributed by atoms with van der Waals surface area (Å²) in [5, 5.41) is 15.2. The van der Waals surface area contributed by atoms with Gasteiger partial charge in [-0.25, -0.2) is 4.79 Å². The number of rotatable bonds is 3. The highest BCUT2D eigenvalue weighted by atomic mass is 35.5. The van der Waals surface area contributed by atoms with Crippen LogP contribution in [0.25, 0.3) is 11.1 Å². The molecule has 0 unspecified atom stereocenters. The molecule has 0 radical (unpaired) electrons. The third-order valence-corrected chi connectivity index (χ3v) is 3.64. The quantitative estimate of drug-likeness (QED) is 0.742. The lowest BCUT2D eigenvalue weighted by molar-refractivity contribution is 0.0699. The monoisotopic (exact) mass is 327 g/mol. The van der Waals surface area contributed by atoms with Crippen LogP contribution in [0, 0.1) is 0 Å². The molecule has 0 fully saturated rings. The summed E-state index contributed by atoms with van der Waals surface area (Å²) in [7, 11) is 1.71. The third kappa shape index (κ3) is 5.06. The molecule has 21 heavy (non-hydrogen) atoms. The summed E-state index contributed by atoms with van der Waals surface area (Å²) in [5.74, 6) is -0.930. The van der Waals surface area contributed by atoms with Crippen LogP contribution in [0.15, 0.2) is 29.6 Å². The lowest BCUT2D eigenvalue weighted by Gasteiger charge is -2.03. The smallest absolute Gasteiger partial charge is 0.339 e. The molecule has 0 bridgehead atoms. The minimum atomic E-state index is -0.930. The van der Waals surface area contributed by atoms with Gasteiger partial charge in [0.2, 0.25) is 0 Å². The third-order valence-electron chi connectivity index (χ3n) is 2.39. The van der Waals surface area contributed by atoms with Crippen molar-refractivity contribution in [2.75, 3.05) is 12.4 Å². The molecule has 5 heteroatoms. The van der Waals surface area contributed by atoms with Crippen molar-refractivity contribution >= 4 is 33.9 Å². The number of benzene rings is 1. The maximum absolute atomic E-state index is 11.2. The number of nitrogens with one attached hydrogen (secondary N) is 1. The van der Waals surface area contributed by atoms with Gasteiger partial charge < -0.3 is 10.4 Å². The zero-order chi connectivity index (χ0) is 16.4. The van der Waals surface area contributed by atoms with Gasteiger partial charge >= 0.3 is 5.97 Å². The van der Waals surface area contributed by atoms with Crippen molar-refractivity contribution in [2.24, 2.45) is 0 Å². The van der Waals surface area contributed by atoms with Crippen molar-refractivity contribution in [3.8, 4) is 11.1 Å². The van der Waals surface area contributed by atoms with E-state index in [2.05, 4.69) is 5.32 Å². The highest BCUT2D eigenvalue weighted by molar-refractivity contribution is 7.15. The van der Waals surface area contributed by atoms with Crippen LogP contribution < -0.4 is 5.32 Å². The van der Waals surface area contributed by atoms with Crippen LogP contribution in [0.2, 0.25) is 5.02 Å². The molecule has 3 nitrogen and oxygen atoms in total. The Bertz CT molecular complexity index is 550. The Labute approximate surface area is 135 Å². The van der Waals surface area contributed by atoms with Crippen LogP contribution in [-0.4, -0.2) is 18.1 Å². The zero-order valence-corrected chi connectivity index (χ0v) is 14.6. The molecule has 1 aromatic heterocycles. The van der Waals surface area contributed by atoms with Gasteiger partial charge in [-0.1, -0.05) is 51.4 Å². The van der Waals surface area contributed by atoms with Crippen LogP contribution in [-0.2, 0) is 0 Å². The van der Waals surface area contributed by atoms with Crippen molar-refractivity contribution < 1.29 is 9.90 Å². The summed E-state index contributed by atoms with van der Waals surface area (Å²) in [6.45, 7) is 8.00. The Balaban J connectivity index is 0.000000921. The van der Waals surface area contributed by atoms with Crippen LogP contribution in [0.5, 0.6) is 0 Å². The molecule has 116 valence electrons. The Morgan fingerprint density at radius 2 is 1.67 bits per heavy atom. The van der Waals surface area contributed by atoms with Gasteiger partial charge in [0, 0.05) is 23.0 Å². The molecule has 0 aliphatic rings. The van der Waals surface area contributed by atoms with E-state index in [1.165, 1.54) is 11.3 Å². The van der Waals surface area contributed by atoms with E-state index in [4.69, 9.17) is 11.6 Å². The van der Waals surface area contributed by atoms with Gasteiger partial charge in [-0.05, 0) is 17.7 Å². The first-order chi connectivity index (χ1) is 10.1. The molecule has 0 amide bonds.